The SMILES string of the molecule is CC[C@@H](N)c1ccc(Cl)c(Oc2nc3cnccc3s2)c1F.Cl. The molecule has 23 heavy (non-hydrogen) atoms. The van der Waals surface area contributed by atoms with Crippen LogP contribution in [0.4, 0.5) is 4.39 Å². The van der Waals surface area contributed by atoms with Gasteiger partial charge in [-0.2, -0.15) is 0 Å². The summed E-state index contributed by atoms with van der Waals surface area (Å²) in [5, 5.41) is 0.493. The van der Waals surface area contributed by atoms with Crippen molar-refractivity contribution in [3.05, 3.63) is 47.0 Å². The van der Waals surface area contributed by atoms with Gasteiger partial charge in [0.1, 0.15) is 5.52 Å². The van der Waals surface area contributed by atoms with Gasteiger partial charge in [0.05, 0.1) is 15.9 Å². The molecule has 1 atom stereocenters. The Labute approximate surface area is 147 Å². The highest BCUT2D eigenvalue weighted by Gasteiger charge is 2.19. The van der Waals surface area contributed by atoms with Crippen LogP contribution in [0.2, 0.25) is 5.02 Å². The zero-order chi connectivity index (χ0) is 15.7. The van der Waals surface area contributed by atoms with Crippen LogP contribution in [0.5, 0.6) is 10.9 Å². The van der Waals surface area contributed by atoms with Gasteiger partial charge in [-0.15, -0.1) is 12.4 Å². The molecule has 0 aliphatic carbocycles. The Balaban J connectivity index is 0.00000192. The number of thiazole rings is 1. The van der Waals surface area contributed by atoms with E-state index in [4.69, 9.17) is 22.1 Å². The second kappa shape index (κ2) is 7.40. The quantitative estimate of drug-likeness (QED) is 0.690. The summed E-state index contributed by atoms with van der Waals surface area (Å²) in [5.74, 6) is -0.589. The smallest absolute Gasteiger partial charge is 0.280 e. The Morgan fingerprint density at radius 1 is 1.39 bits per heavy atom. The number of benzene rings is 1. The van der Waals surface area contributed by atoms with E-state index in [0.29, 0.717) is 22.7 Å². The first-order valence-corrected chi connectivity index (χ1v) is 7.91. The van der Waals surface area contributed by atoms with Crippen LogP contribution in [-0.4, -0.2) is 9.97 Å². The molecule has 0 saturated carbocycles. The number of hydrogen-bond acceptors (Lipinski definition) is 5. The van der Waals surface area contributed by atoms with E-state index >= 15 is 0 Å². The maximum atomic E-state index is 14.6. The third-order valence-electron chi connectivity index (χ3n) is 3.28. The minimum absolute atomic E-state index is 0. The molecule has 0 amide bonds. The number of ether oxygens (including phenoxy) is 1. The van der Waals surface area contributed by atoms with E-state index < -0.39 is 11.9 Å². The standard InChI is InChI=1S/C15H13ClFN3OS.ClH/c1-2-10(18)8-3-4-9(16)14(13(8)17)21-15-20-11-7-19-6-5-12(11)22-15;/h3-7,10H,2,18H2,1H3;1H/t10-;/m1./s1. The molecule has 122 valence electrons. The van der Waals surface area contributed by atoms with Crippen LogP contribution in [0.15, 0.2) is 30.6 Å². The number of fused-ring (bicyclic) bond motifs is 1. The van der Waals surface area contributed by atoms with Crippen molar-refractivity contribution in [3.63, 3.8) is 0 Å². The molecule has 3 rings (SSSR count). The zero-order valence-electron chi connectivity index (χ0n) is 12.1. The van der Waals surface area contributed by atoms with Gasteiger partial charge in [-0.05, 0) is 18.6 Å². The number of hydrogen-bond donors (Lipinski definition) is 1. The lowest BCUT2D eigenvalue weighted by Crippen LogP contribution is -2.11. The Bertz CT molecular complexity index is 795. The van der Waals surface area contributed by atoms with Crippen LogP contribution in [0.25, 0.3) is 10.2 Å². The van der Waals surface area contributed by atoms with Gasteiger partial charge in [0, 0.05) is 17.8 Å². The van der Waals surface area contributed by atoms with Crippen molar-refractivity contribution < 1.29 is 9.13 Å². The van der Waals surface area contributed by atoms with Crippen molar-refractivity contribution in [3.8, 4) is 10.9 Å². The van der Waals surface area contributed by atoms with Crippen LogP contribution in [0.1, 0.15) is 24.9 Å². The van der Waals surface area contributed by atoms with Crippen molar-refractivity contribution in [2.75, 3.05) is 0 Å². The minimum atomic E-state index is -0.542. The van der Waals surface area contributed by atoms with Gasteiger partial charge in [-0.3, -0.25) is 4.98 Å². The lowest BCUT2D eigenvalue weighted by atomic mass is 10.0. The summed E-state index contributed by atoms with van der Waals surface area (Å²) < 4.78 is 21.1. The van der Waals surface area contributed by atoms with E-state index in [1.807, 2.05) is 13.0 Å². The molecule has 2 N–H and O–H groups in total. The van der Waals surface area contributed by atoms with Gasteiger partial charge >= 0.3 is 0 Å². The molecule has 0 bridgehead atoms. The second-order valence-corrected chi connectivity index (χ2v) is 6.12. The molecule has 4 nitrogen and oxygen atoms in total. The normalized spacial score (nSPS) is 12.0. The first-order chi connectivity index (χ1) is 10.6. The van der Waals surface area contributed by atoms with E-state index in [0.717, 1.165) is 4.70 Å². The number of pyridine rings is 1. The first-order valence-electron chi connectivity index (χ1n) is 6.72. The molecule has 0 radical (unpaired) electrons. The van der Waals surface area contributed by atoms with Crippen molar-refractivity contribution in [1.29, 1.82) is 0 Å². The van der Waals surface area contributed by atoms with Gasteiger partial charge in [0.2, 0.25) is 0 Å². The van der Waals surface area contributed by atoms with Crippen LogP contribution < -0.4 is 10.5 Å². The Morgan fingerprint density at radius 2 is 2.17 bits per heavy atom. The predicted molar refractivity (Wildman–Crippen MR) is 93.4 cm³/mol. The molecule has 8 heteroatoms. The summed E-state index contributed by atoms with van der Waals surface area (Å²) in [7, 11) is 0. The average Bonchev–Trinajstić information content (AvgIpc) is 2.93. The maximum absolute atomic E-state index is 14.6. The number of rotatable bonds is 4. The highest BCUT2D eigenvalue weighted by atomic mass is 35.5. The predicted octanol–water partition coefficient (Wildman–Crippen LogP) is 5.11. The summed E-state index contributed by atoms with van der Waals surface area (Å²) in [5.41, 5.74) is 6.98. The third-order valence-corrected chi connectivity index (χ3v) is 4.49. The lowest BCUT2D eigenvalue weighted by Gasteiger charge is -2.14. The number of aromatic nitrogens is 2. The monoisotopic (exact) mass is 373 g/mol. The fourth-order valence-corrected chi connectivity index (χ4v) is 3.01. The molecule has 0 aliphatic heterocycles. The largest absolute Gasteiger partial charge is 0.426 e. The molecule has 0 fully saturated rings. The van der Waals surface area contributed by atoms with Crippen molar-refractivity contribution in [2.24, 2.45) is 5.73 Å². The Hall–Kier alpha value is -1.47. The molecule has 2 aromatic heterocycles. The second-order valence-electron chi connectivity index (χ2n) is 4.72. The average molecular weight is 374 g/mol. The Kier molecular flexibility index (Phi) is 5.75. The van der Waals surface area contributed by atoms with Gasteiger partial charge in [0.25, 0.3) is 5.19 Å². The molecule has 3 aromatic rings. The fourth-order valence-electron chi connectivity index (χ4n) is 2.04. The highest BCUT2D eigenvalue weighted by Crippen LogP contribution is 2.38. The molecule has 0 aliphatic rings. The first kappa shape index (κ1) is 17.9. The molecular weight excluding hydrogens is 360 g/mol. The van der Waals surface area contributed by atoms with E-state index in [-0.39, 0.29) is 23.2 Å². The third kappa shape index (κ3) is 3.55. The van der Waals surface area contributed by atoms with E-state index in [9.17, 15) is 4.39 Å². The van der Waals surface area contributed by atoms with Gasteiger partial charge in [0.15, 0.2) is 11.6 Å². The molecular formula is C15H14Cl2FN3OS. The summed E-state index contributed by atoms with van der Waals surface area (Å²) in [4.78, 5) is 8.25. The number of halogens is 3. The van der Waals surface area contributed by atoms with E-state index in [1.54, 1.807) is 24.5 Å². The van der Waals surface area contributed by atoms with Crippen LogP contribution in [-0.2, 0) is 0 Å². The van der Waals surface area contributed by atoms with Crippen molar-refractivity contribution in [1.82, 2.24) is 9.97 Å². The van der Waals surface area contributed by atoms with Crippen LogP contribution >= 0.6 is 35.3 Å². The fraction of sp³-hybridized carbons (Fsp3) is 0.200. The van der Waals surface area contributed by atoms with Gasteiger partial charge in [-0.1, -0.05) is 35.9 Å². The van der Waals surface area contributed by atoms with E-state index in [2.05, 4.69) is 9.97 Å². The molecule has 0 unspecified atom stereocenters. The summed E-state index contributed by atoms with van der Waals surface area (Å²) in [6, 6.07) is 4.58. The number of nitrogens with two attached hydrogens (primary N) is 1. The summed E-state index contributed by atoms with van der Waals surface area (Å²) >= 11 is 7.36. The topological polar surface area (TPSA) is 61.0 Å². The maximum Gasteiger partial charge on any atom is 0.280 e. The molecule has 0 spiro atoms. The van der Waals surface area contributed by atoms with Crippen molar-refractivity contribution >= 4 is 45.6 Å². The van der Waals surface area contributed by atoms with Crippen LogP contribution in [0.3, 0.4) is 0 Å². The summed E-state index contributed by atoms with van der Waals surface area (Å²) in [6.45, 7) is 1.89. The Morgan fingerprint density at radius 3 is 2.87 bits per heavy atom. The van der Waals surface area contributed by atoms with Crippen molar-refractivity contribution in [2.45, 2.75) is 19.4 Å². The zero-order valence-corrected chi connectivity index (χ0v) is 14.5. The van der Waals surface area contributed by atoms with Crippen LogP contribution in [0, 0.1) is 5.82 Å². The van der Waals surface area contributed by atoms with Gasteiger partial charge in [-0.25, -0.2) is 9.37 Å². The van der Waals surface area contributed by atoms with Gasteiger partial charge < -0.3 is 10.5 Å². The minimum Gasteiger partial charge on any atom is -0.426 e. The molecule has 2 heterocycles. The number of nitrogens with zero attached hydrogens (tertiary/aromatic N) is 2. The summed E-state index contributed by atoms with van der Waals surface area (Å²) in [6.07, 6.45) is 3.91. The lowest BCUT2D eigenvalue weighted by molar-refractivity contribution is 0.433. The molecule has 0 saturated heterocycles. The highest BCUT2D eigenvalue weighted by molar-refractivity contribution is 7.20. The van der Waals surface area contributed by atoms with E-state index in [1.165, 1.54) is 11.3 Å². The molecule has 1 aromatic carbocycles.